The van der Waals surface area contributed by atoms with Crippen LogP contribution in [0.15, 0.2) is 30.3 Å². The van der Waals surface area contributed by atoms with Gasteiger partial charge in [-0.3, -0.25) is 19.4 Å². The highest BCUT2D eigenvalue weighted by Crippen LogP contribution is 2.24. The maximum Gasteiger partial charge on any atom is 0.260 e. The van der Waals surface area contributed by atoms with Gasteiger partial charge >= 0.3 is 0 Å². The molecule has 24 heavy (non-hydrogen) atoms. The third kappa shape index (κ3) is 3.33. The van der Waals surface area contributed by atoms with Gasteiger partial charge in [0.2, 0.25) is 0 Å². The molecule has 6 nitrogen and oxygen atoms in total. The van der Waals surface area contributed by atoms with Gasteiger partial charge in [-0.2, -0.15) is 0 Å². The smallest absolute Gasteiger partial charge is 0.260 e. The Morgan fingerprint density at radius 2 is 1.75 bits per heavy atom. The zero-order chi connectivity index (χ0) is 17.1. The van der Waals surface area contributed by atoms with Gasteiger partial charge < -0.3 is 5.32 Å². The lowest BCUT2D eigenvalue weighted by Gasteiger charge is -2.43. The Balaban J connectivity index is 1.78. The zero-order valence-electron chi connectivity index (χ0n) is 13.9. The number of carbonyl (C=O) groups is 3. The monoisotopic (exact) mass is 329 g/mol. The van der Waals surface area contributed by atoms with Crippen LogP contribution < -0.4 is 5.32 Å². The molecular weight excluding hydrogens is 306 g/mol. The number of hydrogen-bond acceptors (Lipinski definition) is 4. The standard InChI is InChI=1S/C18H23N3O3/c1-13(22)16-10-6-12-20-11-5-9-15(18(24)21(16)20)19-17(23)14-7-3-2-4-8-14/h2-4,7-8,15-16H,5-6,9-12H2,1H3,(H,19,23)/t15-,16-/m0/s1. The normalized spacial score (nSPS) is 24.9. The highest BCUT2D eigenvalue weighted by atomic mass is 16.2. The van der Waals surface area contributed by atoms with E-state index in [-0.39, 0.29) is 17.6 Å². The van der Waals surface area contributed by atoms with Gasteiger partial charge in [0.25, 0.3) is 11.8 Å². The lowest BCUT2D eigenvalue weighted by atomic mass is 10.0. The summed E-state index contributed by atoms with van der Waals surface area (Å²) in [5.41, 5.74) is 0.535. The van der Waals surface area contributed by atoms with Gasteiger partial charge in [0.1, 0.15) is 12.1 Å². The minimum Gasteiger partial charge on any atom is -0.340 e. The van der Waals surface area contributed by atoms with E-state index in [9.17, 15) is 14.4 Å². The SMILES string of the molecule is CC(=O)[C@@H]1CCCN2CCC[C@H](NC(=O)c3ccccc3)C(=O)N12. The largest absolute Gasteiger partial charge is 0.340 e. The second-order valence-corrected chi connectivity index (χ2v) is 6.44. The number of benzene rings is 1. The lowest BCUT2D eigenvalue weighted by Crippen LogP contribution is -2.60. The van der Waals surface area contributed by atoms with Crippen LogP contribution in [0, 0.1) is 0 Å². The van der Waals surface area contributed by atoms with Gasteiger partial charge in [-0.15, -0.1) is 0 Å². The minimum atomic E-state index is -0.581. The Labute approximate surface area is 141 Å². The number of rotatable bonds is 3. The molecule has 0 aliphatic carbocycles. The van der Waals surface area contributed by atoms with Crippen LogP contribution in [-0.4, -0.2) is 52.8 Å². The molecule has 2 aliphatic heterocycles. The second-order valence-electron chi connectivity index (χ2n) is 6.44. The summed E-state index contributed by atoms with van der Waals surface area (Å²) in [6.07, 6.45) is 3.01. The number of hydrogen-bond donors (Lipinski definition) is 1. The molecule has 0 unspecified atom stereocenters. The predicted molar refractivity (Wildman–Crippen MR) is 89.1 cm³/mol. The summed E-state index contributed by atoms with van der Waals surface area (Å²) in [6.45, 7) is 3.06. The van der Waals surface area contributed by atoms with Crippen molar-refractivity contribution < 1.29 is 14.4 Å². The highest BCUT2D eigenvalue weighted by molar-refractivity contribution is 5.98. The van der Waals surface area contributed by atoms with E-state index in [1.54, 1.807) is 29.3 Å². The predicted octanol–water partition coefficient (Wildman–Crippen LogP) is 1.38. The number of carbonyl (C=O) groups excluding carboxylic acids is 3. The van der Waals surface area contributed by atoms with E-state index in [1.807, 2.05) is 11.1 Å². The summed E-state index contributed by atoms with van der Waals surface area (Å²) in [7, 11) is 0. The van der Waals surface area contributed by atoms with Gasteiger partial charge in [-0.25, -0.2) is 5.01 Å². The van der Waals surface area contributed by atoms with Gasteiger partial charge in [-0.05, 0) is 44.7 Å². The van der Waals surface area contributed by atoms with E-state index in [2.05, 4.69) is 5.32 Å². The van der Waals surface area contributed by atoms with Crippen LogP contribution in [0.5, 0.6) is 0 Å². The van der Waals surface area contributed by atoms with E-state index in [0.29, 0.717) is 18.4 Å². The molecule has 1 aromatic carbocycles. The third-order valence-corrected chi connectivity index (χ3v) is 4.74. The van der Waals surface area contributed by atoms with Crippen molar-refractivity contribution in [2.45, 2.75) is 44.7 Å². The van der Waals surface area contributed by atoms with Crippen molar-refractivity contribution in [3.05, 3.63) is 35.9 Å². The number of nitrogens with one attached hydrogen (secondary N) is 1. The first-order valence-corrected chi connectivity index (χ1v) is 8.52. The van der Waals surface area contributed by atoms with Crippen molar-refractivity contribution in [1.29, 1.82) is 0 Å². The Hall–Kier alpha value is -2.21. The molecule has 2 aliphatic rings. The molecule has 2 atom stereocenters. The van der Waals surface area contributed by atoms with Gasteiger partial charge in [-0.1, -0.05) is 18.2 Å². The van der Waals surface area contributed by atoms with E-state index >= 15 is 0 Å². The number of ketones is 1. The average Bonchev–Trinajstić information content (AvgIpc) is 2.75. The molecule has 2 heterocycles. The maximum absolute atomic E-state index is 13.0. The number of Topliss-reactive ketones (excluding diaryl/α,β-unsaturated/α-hetero) is 1. The molecule has 1 aromatic rings. The molecular formula is C18H23N3O3. The topological polar surface area (TPSA) is 69.7 Å². The first kappa shape index (κ1) is 16.6. The summed E-state index contributed by atoms with van der Waals surface area (Å²) in [5, 5.41) is 6.43. The van der Waals surface area contributed by atoms with Crippen molar-refractivity contribution in [3.63, 3.8) is 0 Å². The Morgan fingerprint density at radius 1 is 1.08 bits per heavy atom. The zero-order valence-corrected chi connectivity index (χ0v) is 13.9. The van der Waals surface area contributed by atoms with Crippen molar-refractivity contribution >= 4 is 17.6 Å². The molecule has 0 bridgehead atoms. The van der Waals surface area contributed by atoms with Gasteiger partial charge in [0.05, 0.1) is 0 Å². The molecule has 2 amide bonds. The van der Waals surface area contributed by atoms with Gasteiger partial charge in [0, 0.05) is 18.7 Å². The van der Waals surface area contributed by atoms with Crippen molar-refractivity contribution in [2.75, 3.05) is 13.1 Å². The fourth-order valence-electron chi connectivity index (χ4n) is 3.51. The molecule has 0 aromatic heterocycles. The van der Waals surface area contributed by atoms with Gasteiger partial charge in [0.15, 0.2) is 5.78 Å². The molecule has 0 saturated carbocycles. The number of nitrogens with zero attached hydrogens (tertiary/aromatic N) is 2. The van der Waals surface area contributed by atoms with E-state index in [4.69, 9.17) is 0 Å². The van der Waals surface area contributed by atoms with Crippen LogP contribution in [0.3, 0.4) is 0 Å². The highest BCUT2D eigenvalue weighted by Gasteiger charge is 2.40. The molecule has 2 saturated heterocycles. The van der Waals surface area contributed by atoms with E-state index in [0.717, 1.165) is 25.9 Å². The fourth-order valence-corrected chi connectivity index (χ4v) is 3.51. The Kier molecular flexibility index (Phi) is 4.94. The van der Waals surface area contributed by atoms with Crippen LogP contribution in [0.2, 0.25) is 0 Å². The van der Waals surface area contributed by atoms with Crippen molar-refractivity contribution in [1.82, 2.24) is 15.3 Å². The Bertz CT molecular complexity index is 632. The fraction of sp³-hybridized carbons (Fsp3) is 0.500. The summed E-state index contributed by atoms with van der Waals surface area (Å²) in [6, 6.07) is 7.90. The summed E-state index contributed by atoms with van der Waals surface area (Å²) in [4.78, 5) is 37.3. The van der Waals surface area contributed by atoms with Crippen molar-refractivity contribution in [2.24, 2.45) is 0 Å². The first-order chi connectivity index (χ1) is 11.6. The Morgan fingerprint density at radius 3 is 2.42 bits per heavy atom. The average molecular weight is 329 g/mol. The quantitative estimate of drug-likeness (QED) is 0.909. The van der Waals surface area contributed by atoms with Crippen LogP contribution in [-0.2, 0) is 9.59 Å². The molecule has 0 radical (unpaired) electrons. The molecule has 1 N–H and O–H groups in total. The molecule has 2 fully saturated rings. The minimum absolute atomic E-state index is 0.00286. The van der Waals surface area contributed by atoms with Crippen LogP contribution in [0.25, 0.3) is 0 Å². The molecule has 3 rings (SSSR count). The number of amides is 2. The van der Waals surface area contributed by atoms with Crippen LogP contribution in [0.1, 0.15) is 43.0 Å². The summed E-state index contributed by atoms with van der Waals surface area (Å²) < 4.78 is 0. The number of hydrazine groups is 1. The number of fused-ring (bicyclic) bond motifs is 1. The van der Waals surface area contributed by atoms with Crippen LogP contribution >= 0.6 is 0 Å². The second kappa shape index (κ2) is 7.13. The first-order valence-electron chi connectivity index (χ1n) is 8.52. The third-order valence-electron chi connectivity index (χ3n) is 4.74. The molecule has 0 spiro atoms. The van der Waals surface area contributed by atoms with Crippen molar-refractivity contribution in [3.8, 4) is 0 Å². The summed E-state index contributed by atoms with van der Waals surface area (Å²) >= 11 is 0. The summed E-state index contributed by atoms with van der Waals surface area (Å²) in [5.74, 6) is -0.418. The molecule has 6 heteroatoms. The van der Waals surface area contributed by atoms with E-state index < -0.39 is 12.1 Å². The van der Waals surface area contributed by atoms with E-state index in [1.165, 1.54) is 6.92 Å². The van der Waals surface area contributed by atoms with Crippen LogP contribution in [0.4, 0.5) is 0 Å². The molecule has 128 valence electrons. The maximum atomic E-state index is 13.0. The lowest BCUT2D eigenvalue weighted by molar-refractivity contribution is -0.165.